The Balaban J connectivity index is 2.09. The van der Waals surface area contributed by atoms with E-state index in [0.717, 1.165) is 23.5 Å². The lowest BCUT2D eigenvalue weighted by molar-refractivity contribution is 0.146. The molecule has 0 amide bonds. The van der Waals surface area contributed by atoms with Crippen molar-refractivity contribution in [2.24, 2.45) is 0 Å². The highest BCUT2D eigenvalue weighted by molar-refractivity contribution is 5.70. The van der Waals surface area contributed by atoms with E-state index in [1.54, 1.807) is 14.2 Å². The molecule has 0 spiro atoms. The molecule has 172 valence electrons. The molecule has 0 N–H and O–H groups in total. The summed E-state index contributed by atoms with van der Waals surface area (Å²) in [6, 6.07) is 14.7. The molecular formula is C27H40O4. The molecule has 2 rings (SSSR count). The van der Waals surface area contributed by atoms with Crippen LogP contribution in [0.3, 0.4) is 0 Å². The monoisotopic (exact) mass is 428 g/mol. The van der Waals surface area contributed by atoms with E-state index in [9.17, 15) is 0 Å². The van der Waals surface area contributed by atoms with Gasteiger partial charge < -0.3 is 18.9 Å². The molecule has 2 aromatic carbocycles. The Morgan fingerprint density at radius 1 is 0.645 bits per heavy atom. The number of benzene rings is 2. The van der Waals surface area contributed by atoms with Gasteiger partial charge in [0.2, 0.25) is 0 Å². The van der Waals surface area contributed by atoms with Gasteiger partial charge in [0.1, 0.15) is 24.7 Å². The van der Waals surface area contributed by atoms with Crippen molar-refractivity contribution in [1.29, 1.82) is 0 Å². The molecule has 0 aliphatic heterocycles. The van der Waals surface area contributed by atoms with Crippen LogP contribution in [0.5, 0.6) is 11.5 Å². The minimum Gasteiger partial charge on any atom is -0.491 e. The van der Waals surface area contributed by atoms with Gasteiger partial charge in [-0.25, -0.2) is 0 Å². The second-order valence-electron chi connectivity index (χ2n) is 7.90. The highest BCUT2D eigenvalue weighted by Gasteiger charge is 2.09. The van der Waals surface area contributed by atoms with Gasteiger partial charge in [0.25, 0.3) is 0 Å². The fraction of sp³-hybridized carbons (Fsp3) is 0.556. The summed E-state index contributed by atoms with van der Waals surface area (Å²) in [7, 11) is 3.38. The van der Waals surface area contributed by atoms with Gasteiger partial charge in [-0.05, 0) is 53.8 Å². The summed E-state index contributed by atoms with van der Waals surface area (Å²) in [5.41, 5.74) is 3.74. The summed E-state index contributed by atoms with van der Waals surface area (Å²) in [5, 5.41) is 0. The minimum atomic E-state index is 0.547. The molecule has 0 atom stereocenters. The van der Waals surface area contributed by atoms with Gasteiger partial charge in [-0.3, -0.25) is 0 Å². The zero-order chi connectivity index (χ0) is 22.2. The summed E-state index contributed by atoms with van der Waals surface area (Å²) in [5.74, 6) is 1.74. The number of ether oxygens (including phenoxy) is 4. The van der Waals surface area contributed by atoms with Crippen LogP contribution >= 0.6 is 0 Å². The molecule has 0 unspecified atom stereocenters. The van der Waals surface area contributed by atoms with E-state index in [1.807, 2.05) is 12.1 Å². The van der Waals surface area contributed by atoms with Gasteiger partial charge in [-0.1, -0.05) is 63.6 Å². The van der Waals surface area contributed by atoms with Crippen LogP contribution < -0.4 is 9.47 Å². The Labute approximate surface area is 188 Å². The van der Waals surface area contributed by atoms with Gasteiger partial charge in [0.05, 0.1) is 13.2 Å². The van der Waals surface area contributed by atoms with Crippen molar-refractivity contribution < 1.29 is 18.9 Å². The largest absolute Gasteiger partial charge is 0.491 e. The molecule has 0 aromatic heterocycles. The van der Waals surface area contributed by atoms with Gasteiger partial charge in [0.15, 0.2) is 0 Å². The molecule has 0 bridgehead atoms. The number of methoxy groups -OCH3 is 2. The maximum absolute atomic E-state index is 5.88. The predicted octanol–water partition coefficient (Wildman–Crippen LogP) is 6.70. The molecule has 0 radical (unpaired) electrons. The van der Waals surface area contributed by atoms with Crippen molar-refractivity contribution in [2.45, 2.75) is 58.3 Å². The Bertz CT molecular complexity index is 729. The zero-order valence-corrected chi connectivity index (χ0v) is 19.7. The Morgan fingerprint density at radius 2 is 1.29 bits per heavy atom. The molecular weight excluding hydrogens is 388 g/mol. The molecule has 0 fully saturated rings. The molecule has 0 heterocycles. The van der Waals surface area contributed by atoms with Gasteiger partial charge >= 0.3 is 0 Å². The van der Waals surface area contributed by atoms with E-state index in [2.05, 4.69) is 37.3 Å². The number of hydrogen-bond acceptors (Lipinski definition) is 4. The summed E-state index contributed by atoms with van der Waals surface area (Å²) < 4.78 is 21.9. The second kappa shape index (κ2) is 15.7. The van der Waals surface area contributed by atoms with Crippen LogP contribution in [0.1, 0.15) is 57.4 Å². The van der Waals surface area contributed by atoms with E-state index >= 15 is 0 Å². The average molecular weight is 429 g/mol. The van der Waals surface area contributed by atoms with Crippen LogP contribution in [0.4, 0.5) is 0 Å². The predicted molar refractivity (Wildman–Crippen MR) is 128 cm³/mol. The average Bonchev–Trinajstić information content (AvgIpc) is 2.79. The quantitative estimate of drug-likeness (QED) is 0.263. The summed E-state index contributed by atoms with van der Waals surface area (Å²) in [4.78, 5) is 0. The summed E-state index contributed by atoms with van der Waals surface area (Å²) >= 11 is 0. The first-order chi connectivity index (χ1) is 15.3. The lowest BCUT2D eigenvalue weighted by Gasteiger charge is -2.14. The maximum Gasteiger partial charge on any atom is 0.120 e. The molecule has 0 saturated heterocycles. The molecule has 31 heavy (non-hydrogen) atoms. The van der Waals surface area contributed by atoms with E-state index < -0.39 is 0 Å². The van der Waals surface area contributed by atoms with Crippen molar-refractivity contribution in [3.05, 3.63) is 48.0 Å². The standard InChI is InChI=1S/C27H40O4/c1-4-5-6-7-8-9-10-12-23-15-16-26(31-20-18-29-3)22-27(23)24-13-11-14-25(21-24)30-19-17-28-2/h11,13-16,21-22H,4-10,12,17-20H2,1-3H3. The fourth-order valence-corrected chi connectivity index (χ4v) is 3.64. The zero-order valence-electron chi connectivity index (χ0n) is 19.7. The van der Waals surface area contributed by atoms with Crippen LogP contribution in [0, 0.1) is 0 Å². The van der Waals surface area contributed by atoms with Crippen molar-refractivity contribution in [2.75, 3.05) is 40.6 Å². The Hall–Kier alpha value is -2.04. The van der Waals surface area contributed by atoms with E-state index in [0.29, 0.717) is 26.4 Å². The molecule has 0 saturated carbocycles. The van der Waals surface area contributed by atoms with Crippen molar-refractivity contribution in [3.8, 4) is 22.6 Å². The third-order valence-corrected chi connectivity index (χ3v) is 5.39. The number of hydrogen-bond donors (Lipinski definition) is 0. The lowest BCUT2D eigenvalue weighted by atomic mass is 9.95. The van der Waals surface area contributed by atoms with Crippen molar-refractivity contribution in [1.82, 2.24) is 0 Å². The fourth-order valence-electron chi connectivity index (χ4n) is 3.64. The highest BCUT2D eigenvalue weighted by atomic mass is 16.5. The first-order valence-corrected chi connectivity index (χ1v) is 11.7. The molecule has 0 aliphatic carbocycles. The van der Waals surface area contributed by atoms with Crippen LogP contribution in [0.2, 0.25) is 0 Å². The highest BCUT2D eigenvalue weighted by Crippen LogP contribution is 2.31. The van der Waals surface area contributed by atoms with Gasteiger partial charge in [-0.2, -0.15) is 0 Å². The number of rotatable bonds is 17. The smallest absolute Gasteiger partial charge is 0.120 e. The van der Waals surface area contributed by atoms with Crippen LogP contribution in [0.15, 0.2) is 42.5 Å². The van der Waals surface area contributed by atoms with Crippen LogP contribution in [-0.4, -0.2) is 40.6 Å². The molecule has 2 aromatic rings. The Morgan fingerprint density at radius 3 is 1.97 bits per heavy atom. The number of unbranched alkanes of at least 4 members (excludes halogenated alkanes) is 6. The van der Waals surface area contributed by atoms with Crippen molar-refractivity contribution >= 4 is 0 Å². The van der Waals surface area contributed by atoms with E-state index in [4.69, 9.17) is 18.9 Å². The first kappa shape index (κ1) is 25.2. The summed E-state index contributed by atoms with van der Waals surface area (Å²) in [6.07, 6.45) is 10.3. The molecule has 4 heteroatoms. The summed E-state index contributed by atoms with van der Waals surface area (Å²) in [6.45, 7) is 4.52. The third-order valence-electron chi connectivity index (χ3n) is 5.39. The SMILES string of the molecule is CCCCCCCCCc1ccc(OCCOC)cc1-c1cccc(OCCOC)c1. The maximum atomic E-state index is 5.88. The minimum absolute atomic E-state index is 0.547. The normalized spacial score (nSPS) is 10.9. The third kappa shape index (κ3) is 9.75. The molecule has 4 nitrogen and oxygen atoms in total. The second-order valence-corrected chi connectivity index (χ2v) is 7.90. The Kier molecular flexibility index (Phi) is 12.8. The van der Waals surface area contributed by atoms with Gasteiger partial charge in [-0.15, -0.1) is 0 Å². The van der Waals surface area contributed by atoms with Crippen molar-refractivity contribution in [3.63, 3.8) is 0 Å². The van der Waals surface area contributed by atoms with E-state index in [1.165, 1.54) is 56.1 Å². The molecule has 0 aliphatic rings. The lowest BCUT2D eigenvalue weighted by Crippen LogP contribution is -2.05. The topological polar surface area (TPSA) is 36.9 Å². The number of aryl methyl sites for hydroxylation is 1. The van der Waals surface area contributed by atoms with Gasteiger partial charge in [0, 0.05) is 14.2 Å². The first-order valence-electron chi connectivity index (χ1n) is 11.7. The van der Waals surface area contributed by atoms with Crippen LogP contribution in [0.25, 0.3) is 11.1 Å². The van der Waals surface area contributed by atoms with E-state index in [-0.39, 0.29) is 0 Å². The van der Waals surface area contributed by atoms with Crippen LogP contribution in [-0.2, 0) is 15.9 Å².